The highest BCUT2D eigenvalue weighted by Gasteiger charge is 2.35. The molecule has 1 fully saturated rings. The van der Waals surface area contributed by atoms with Gasteiger partial charge in [0, 0.05) is 36.3 Å². The van der Waals surface area contributed by atoms with Crippen molar-refractivity contribution in [2.24, 2.45) is 0 Å². The molecule has 0 unspecified atom stereocenters. The molecule has 0 amide bonds. The van der Waals surface area contributed by atoms with Gasteiger partial charge in [0.05, 0.1) is 12.2 Å². The van der Waals surface area contributed by atoms with E-state index in [0.29, 0.717) is 30.1 Å². The number of halogens is 1. The highest BCUT2D eigenvalue weighted by Crippen LogP contribution is 2.27. The van der Waals surface area contributed by atoms with Gasteiger partial charge in [-0.1, -0.05) is 23.7 Å². The van der Waals surface area contributed by atoms with Crippen molar-refractivity contribution in [3.05, 3.63) is 67.4 Å². The Hall–Kier alpha value is -1.93. The van der Waals surface area contributed by atoms with Crippen molar-refractivity contribution < 1.29 is 9.84 Å². The van der Waals surface area contributed by atoms with Crippen LogP contribution in [0.25, 0.3) is 0 Å². The quantitative estimate of drug-likeness (QED) is 0.732. The van der Waals surface area contributed by atoms with Gasteiger partial charge in [-0.05, 0) is 24.6 Å². The smallest absolute Gasteiger partial charge is 0.330 e. The highest BCUT2D eigenvalue weighted by molar-refractivity contribution is 6.30. The summed E-state index contributed by atoms with van der Waals surface area (Å²) in [5.41, 5.74) is 0.534. The van der Waals surface area contributed by atoms with Gasteiger partial charge in [-0.2, -0.15) is 0 Å². The van der Waals surface area contributed by atoms with Crippen molar-refractivity contribution >= 4 is 11.6 Å². The van der Waals surface area contributed by atoms with Crippen LogP contribution in [-0.4, -0.2) is 33.4 Å². The van der Waals surface area contributed by atoms with Crippen LogP contribution in [0.4, 0.5) is 0 Å². The first kappa shape index (κ1) is 17.9. The van der Waals surface area contributed by atoms with Gasteiger partial charge in [0.25, 0.3) is 5.56 Å². The zero-order valence-electron chi connectivity index (χ0n) is 13.7. The van der Waals surface area contributed by atoms with Crippen LogP contribution in [-0.2, 0) is 11.3 Å². The number of hydrogen-bond donors (Lipinski definition) is 3. The first-order chi connectivity index (χ1) is 11.9. The van der Waals surface area contributed by atoms with Crippen molar-refractivity contribution in [2.45, 2.75) is 38.3 Å². The molecule has 2 heterocycles. The molecule has 8 heteroatoms. The Morgan fingerprint density at radius 3 is 2.80 bits per heavy atom. The number of aliphatic hydroxyl groups excluding tert-OH is 1. The first-order valence-corrected chi connectivity index (χ1v) is 8.42. The molecule has 2 aromatic rings. The number of rotatable bonds is 5. The van der Waals surface area contributed by atoms with Gasteiger partial charge < -0.3 is 15.2 Å². The molecule has 3 atom stereocenters. The minimum Gasteiger partial charge on any atom is -0.390 e. The fourth-order valence-electron chi connectivity index (χ4n) is 2.83. The van der Waals surface area contributed by atoms with Crippen LogP contribution in [0.1, 0.15) is 23.8 Å². The predicted octanol–water partition coefficient (Wildman–Crippen LogP) is 0.937. The summed E-state index contributed by atoms with van der Waals surface area (Å²) >= 11 is 5.85. The number of nitrogens with zero attached hydrogens (tertiary/aromatic N) is 1. The molecule has 0 radical (unpaired) electrons. The summed E-state index contributed by atoms with van der Waals surface area (Å²) in [6, 6.07) is 7.49. The van der Waals surface area contributed by atoms with Gasteiger partial charge in [0.2, 0.25) is 0 Å². The average molecular weight is 366 g/mol. The molecule has 0 aliphatic carbocycles. The molecule has 3 N–H and O–H groups in total. The number of aryl methyl sites for hydroxylation is 1. The summed E-state index contributed by atoms with van der Waals surface area (Å²) in [6.07, 6.45) is 0.0273. The topological polar surface area (TPSA) is 96.3 Å². The SMILES string of the molecule is Cc1cn([C@H]2C[C@H](O)[C@@H](CNCc3ccc(Cl)cc3)O2)c(=O)[nH]c1=O. The van der Waals surface area contributed by atoms with Crippen molar-refractivity contribution in [1.29, 1.82) is 0 Å². The second kappa shape index (κ2) is 7.53. The maximum absolute atomic E-state index is 11.9. The van der Waals surface area contributed by atoms with E-state index in [-0.39, 0.29) is 0 Å². The van der Waals surface area contributed by atoms with Crippen molar-refractivity contribution in [2.75, 3.05) is 6.54 Å². The molecular weight excluding hydrogens is 346 g/mol. The number of H-pyrrole nitrogens is 1. The predicted molar refractivity (Wildman–Crippen MR) is 93.8 cm³/mol. The standard InChI is InChI=1S/C17H20ClN3O4/c1-10-9-21(17(24)20-16(10)23)15-6-13(22)14(25-15)8-19-7-11-2-4-12(18)5-3-11/h2-5,9,13-15,19,22H,6-8H2,1H3,(H,20,23,24)/t13-,14+,15+/m0/s1. The Morgan fingerprint density at radius 2 is 2.08 bits per heavy atom. The van der Waals surface area contributed by atoms with Gasteiger partial charge >= 0.3 is 5.69 Å². The van der Waals surface area contributed by atoms with E-state index in [9.17, 15) is 14.7 Å². The Balaban J connectivity index is 1.60. The van der Waals surface area contributed by atoms with Crippen molar-refractivity contribution in [3.8, 4) is 0 Å². The minimum absolute atomic E-state index is 0.290. The summed E-state index contributed by atoms with van der Waals surface area (Å²) < 4.78 is 7.12. The lowest BCUT2D eigenvalue weighted by molar-refractivity contribution is -0.0194. The van der Waals surface area contributed by atoms with Crippen LogP contribution < -0.4 is 16.6 Å². The van der Waals surface area contributed by atoms with E-state index in [1.165, 1.54) is 10.8 Å². The summed E-state index contributed by atoms with van der Waals surface area (Å²) in [4.78, 5) is 25.6. The summed E-state index contributed by atoms with van der Waals surface area (Å²) in [5, 5.41) is 14.1. The fourth-order valence-corrected chi connectivity index (χ4v) is 2.96. The van der Waals surface area contributed by atoms with Crippen molar-refractivity contribution in [1.82, 2.24) is 14.9 Å². The van der Waals surface area contributed by atoms with E-state index in [1.807, 2.05) is 24.3 Å². The van der Waals surface area contributed by atoms with E-state index in [4.69, 9.17) is 16.3 Å². The second-order valence-electron chi connectivity index (χ2n) is 6.17. The molecule has 3 rings (SSSR count). The number of ether oxygens (including phenoxy) is 1. The van der Waals surface area contributed by atoms with Gasteiger partial charge in [0.1, 0.15) is 6.23 Å². The Bertz CT molecular complexity index is 846. The van der Waals surface area contributed by atoms with Gasteiger partial charge in [-0.25, -0.2) is 4.79 Å². The molecule has 1 saturated heterocycles. The molecule has 1 aromatic heterocycles. The second-order valence-corrected chi connectivity index (χ2v) is 6.60. The van der Waals surface area contributed by atoms with Gasteiger partial charge in [-0.3, -0.25) is 14.3 Å². The maximum atomic E-state index is 11.9. The molecule has 0 bridgehead atoms. The average Bonchev–Trinajstić information content (AvgIpc) is 2.93. The number of benzene rings is 1. The van der Waals surface area contributed by atoms with Crippen LogP contribution in [0.2, 0.25) is 5.02 Å². The molecule has 25 heavy (non-hydrogen) atoms. The van der Waals surface area contributed by atoms with E-state index in [0.717, 1.165) is 5.56 Å². The Morgan fingerprint density at radius 1 is 1.36 bits per heavy atom. The highest BCUT2D eigenvalue weighted by atomic mass is 35.5. The maximum Gasteiger partial charge on any atom is 0.330 e. The molecule has 0 saturated carbocycles. The van der Waals surface area contributed by atoms with Gasteiger partial charge in [0.15, 0.2) is 0 Å². The third kappa shape index (κ3) is 4.19. The Labute approximate surface area is 149 Å². The number of aliphatic hydroxyl groups is 1. The number of aromatic amines is 1. The monoisotopic (exact) mass is 365 g/mol. The van der Waals surface area contributed by atoms with Crippen LogP contribution in [0.15, 0.2) is 40.1 Å². The lowest BCUT2D eigenvalue weighted by atomic mass is 10.1. The summed E-state index contributed by atoms with van der Waals surface area (Å²) in [5.74, 6) is 0. The number of aromatic nitrogens is 2. The first-order valence-electron chi connectivity index (χ1n) is 8.05. The van der Waals surface area contributed by atoms with Crippen LogP contribution in [0.5, 0.6) is 0 Å². The van der Waals surface area contributed by atoms with E-state index < -0.39 is 29.7 Å². The van der Waals surface area contributed by atoms with E-state index in [2.05, 4.69) is 10.3 Å². The van der Waals surface area contributed by atoms with Crippen LogP contribution in [0.3, 0.4) is 0 Å². The molecular formula is C17H20ClN3O4. The number of nitrogens with one attached hydrogen (secondary N) is 2. The summed E-state index contributed by atoms with van der Waals surface area (Å²) in [6.45, 7) is 2.68. The Kier molecular flexibility index (Phi) is 5.39. The molecule has 1 aliphatic rings. The summed E-state index contributed by atoms with van der Waals surface area (Å²) in [7, 11) is 0. The third-order valence-corrected chi connectivity index (χ3v) is 4.50. The van der Waals surface area contributed by atoms with Gasteiger partial charge in [-0.15, -0.1) is 0 Å². The largest absolute Gasteiger partial charge is 0.390 e. The minimum atomic E-state index is -0.693. The lowest BCUT2D eigenvalue weighted by Gasteiger charge is -2.17. The van der Waals surface area contributed by atoms with Crippen molar-refractivity contribution in [3.63, 3.8) is 0 Å². The zero-order chi connectivity index (χ0) is 18.0. The molecule has 1 aliphatic heterocycles. The van der Waals surface area contributed by atoms with E-state index >= 15 is 0 Å². The fraction of sp³-hybridized carbons (Fsp3) is 0.412. The van der Waals surface area contributed by atoms with E-state index in [1.54, 1.807) is 6.92 Å². The molecule has 0 spiro atoms. The molecule has 1 aromatic carbocycles. The molecule has 7 nitrogen and oxygen atoms in total. The normalized spacial score (nSPS) is 23.1. The third-order valence-electron chi connectivity index (χ3n) is 4.25. The zero-order valence-corrected chi connectivity index (χ0v) is 14.5. The van der Waals surface area contributed by atoms with Crippen LogP contribution >= 0.6 is 11.6 Å². The van der Waals surface area contributed by atoms with Crippen LogP contribution in [0, 0.1) is 6.92 Å². The lowest BCUT2D eigenvalue weighted by Crippen LogP contribution is -2.35. The number of hydrogen-bond acceptors (Lipinski definition) is 5. The molecule has 134 valence electrons.